The number of aryl methyl sites for hydroxylation is 1. The quantitative estimate of drug-likeness (QED) is 0.251. The summed E-state index contributed by atoms with van der Waals surface area (Å²) < 4.78 is 0. The molecule has 6 nitrogen and oxygen atoms in total. The molecule has 2 rings (SSSR count). The van der Waals surface area contributed by atoms with Crippen LogP contribution in [0.5, 0.6) is 0 Å². The average Bonchev–Trinajstić information content (AvgIpc) is 2.53. The highest BCUT2D eigenvalue weighted by Gasteiger charge is 2.05. The zero-order valence-corrected chi connectivity index (χ0v) is 15.1. The lowest BCUT2D eigenvalue weighted by Gasteiger charge is -2.07. The lowest BCUT2D eigenvalue weighted by atomic mass is 10.1. The zero-order chi connectivity index (χ0) is 15.9. The van der Waals surface area contributed by atoms with Crippen LogP contribution >= 0.6 is 24.0 Å². The zero-order valence-electron chi connectivity index (χ0n) is 12.7. The number of benzene rings is 2. The van der Waals surface area contributed by atoms with Gasteiger partial charge < -0.3 is 11.1 Å². The van der Waals surface area contributed by atoms with E-state index >= 15 is 0 Å². The molecule has 0 spiro atoms. The third-order valence-corrected chi connectivity index (χ3v) is 3.16. The average molecular weight is 426 g/mol. The Labute approximate surface area is 152 Å². The molecule has 0 heterocycles. The minimum Gasteiger partial charge on any atom is -0.370 e. The number of non-ortho nitro benzene ring substituents is 1. The van der Waals surface area contributed by atoms with Crippen LogP contribution in [0.25, 0.3) is 0 Å². The van der Waals surface area contributed by atoms with Crippen LogP contribution in [-0.2, 0) is 13.0 Å². The van der Waals surface area contributed by atoms with Crippen LogP contribution in [0.3, 0.4) is 0 Å². The molecule has 0 aliphatic heterocycles. The van der Waals surface area contributed by atoms with E-state index in [1.807, 2.05) is 24.3 Å². The molecule has 0 aromatic heterocycles. The van der Waals surface area contributed by atoms with Gasteiger partial charge in [0.05, 0.1) is 11.5 Å². The topological polar surface area (TPSA) is 93.5 Å². The van der Waals surface area contributed by atoms with Crippen molar-refractivity contribution in [2.24, 2.45) is 10.7 Å². The van der Waals surface area contributed by atoms with Crippen molar-refractivity contribution in [3.8, 4) is 0 Å². The Kier molecular flexibility index (Phi) is 7.46. The number of nitro groups is 1. The van der Waals surface area contributed by atoms with Crippen molar-refractivity contribution in [2.75, 3.05) is 5.32 Å². The van der Waals surface area contributed by atoms with Gasteiger partial charge in [-0.15, -0.1) is 24.0 Å². The lowest BCUT2D eigenvalue weighted by Crippen LogP contribution is -2.22. The minimum absolute atomic E-state index is 0. The molecule has 2 aromatic rings. The molecule has 3 N–H and O–H groups in total. The Bertz CT molecular complexity index is 704. The highest BCUT2D eigenvalue weighted by molar-refractivity contribution is 14.0. The van der Waals surface area contributed by atoms with Crippen molar-refractivity contribution in [1.82, 2.24) is 0 Å². The van der Waals surface area contributed by atoms with Gasteiger partial charge in [0.15, 0.2) is 5.96 Å². The van der Waals surface area contributed by atoms with Gasteiger partial charge in [0.1, 0.15) is 0 Å². The van der Waals surface area contributed by atoms with Gasteiger partial charge in [0, 0.05) is 17.8 Å². The molecule has 0 bridgehead atoms. The van der Waals surface area contributed by atoms with E-state index in [2.05, 4.69) is 17.2 Å². The SMILES string of the molecule is CCc1cccc(NC(N)=NCc2cccc([N+](=O)[O-])c2)c1.I. The van der Waals surface area contributed by atoms with E-state index in [-0.39, 0.29) is 42.2 Å². The van der Waals surface area contributed by atoms with Gasteiger partial charge >= 0.3 is 0 Å². The maximum Gasteiger partial charge on any atom is 0.269 e. The summed E-state index contributed by atoms with van der Waals surface area (Å²) in [6, 6.07) is 14.3. The molecule has 0 saturated carbocycles. The predicted molar refractivity (Wildman–Crippen MR) is 103 cm³/mol. The first-order valence-corrected chi connectivity index (χ1v) is 6.97. The first kappa shape index (κ1) is 18.9. The first-order valence-electron chi connectivity index (χ1n) is 6.97. The second-order valence-corrected chi connectivity index (χ2v) is 4.81. The molecule has 0 saturated heterocycles. The first-order chi connectivity index (χ1) is 10.6. The summed E-state index contributed by atoms with van der Waals surface area (Å²) in [6.07, 6.45) is 0.945. The number of hydrogen-bond donors (Lipinski definition) is 2. The third-order valence-electron chi connectivity index (χ3n) is 3.16. The Hall–Kier alpha value is -2.16. The molecule has 0 radical (unpaired) electrons. The molecule has 23 heavy (non-hydrogen) atoms. The van der Waals surface area contributed by atoms with E-state index in [1.165, 1.54) is 17.7 Å². The van der Waals surface area contributed by atoms with Crippen molar-refractivity contribution < 1.29 is 4.92 Å². The molecule has 0 atom stereocenters. The molecule has 2 aromatic carbocycles. The summed E-state index contributed by atoms with van der Waals surface area (Å²) in [6.45, 7) is 2.37. The highest BCUT2D eigenvalue weighted by atomic mass is 127. The Morgan fingerprint density at radius 1 is 1.22 bits per heavy atom. The van der Waals surface area contributed by atoms with E-state index in [4.69, 9.17) is 5.73 Å². The number of aliphatic imine (C=N–C) groups is 1. The van der Waals surface area contributed by atoms with Crippen molar-refractivity contribution in [1.29, 1.82) is 0 Å². The number of nitrogens with zero attached hydrogens (tertiary/aromatic N) is 2. The van der Waals surface area contributed by atoms with Crippen LogP contribution in [-0.4, -0.2) is 10.9 Å². The number of nitrogens with two attached hydrogens (primary N) is 1. The molecule has 7 heteroatoms. The van der Waals surface area contributed by atoms with Crippen molar-refractivity contribution in [3.05, 3.63) is 69.8 Å². The lowest BCUT2D eigenvalue weighted by molar-refractivity contribution is -0.384. The maximum absolute atomic E-state index is 10.7. The molecule has 0 amide bonds. The minimum atomic E-state index is -0.426. The van der Waals surface area contributed by atoms with E-state index in [9.17, 15) is 10.1 Å². The fourth-order valence-electron chi connectivity index (χ4n) is 2.00. The summed E-state index contributed by atoms with van der Waals surface area (Å²) in [7, 11) is 0. The van der Waals surface area contributed by atoms with E-state index < -0.39 is 4.92 Å². The van der Waals surface area contributed by atoms with Crippen molar-refractivity contribution in [3.63, 3.8) is 0 Å². The number of hydrogen-bond acceptors (Lipinski definition) is 3. The number of guanidine groups is 1. The van der Waals surface area contributed by atoms with Gasteiger partial charge in [-0.3, -0.25) is 10.1 Å². The third kappa shape index (κ3) is 5.85. The van der Waals surface area contributed by atoms with Gasteiger partial charge in [-0.1, -0.05) is 31.2 Å². The highest BCUT2D eigenvalue weighted by Crippen LogP contribution is 2.14. The van der Waals surface area contributed by atoms with E-state index in [0.717, 1.165) is 17.7 Å². The van der Waals surface area contributed by atoms with E-state index in [0.29, 0.717) is 0 Å². The summed E-state index contributed by atoms with van der Waals surface area (Å²) in [5.41, 5.74) is 8.72. The van der Waals surface area contributed by atoms with Crippen LogP contribution in [0.2, 0.25) is 0 Å². The summed E-state index contributed by atoms with van der Waals surface area (Å²) in [5, 5.41) is 13.7. The molecule has 0 aliphatic rings. The van der Waals surface area contributed by atoms with Gasteiger partial charge in [0.2, 0.25) is 0 Å². The maximum atomic E-state index is 10.7. The molecule has 122 valence electrons. The molecule has 0 unspecified atom stereocenters. The second kappa shape index (κ2) is 9.09. The smallest absolute Gasteiger partial charge is 0.269 e. The molecular formula is C16H19IN4O2. The number of nitrogens with one attached hydrogen (secondary N) is 1. The van der Waals surface area contributed by atoms with Crippen molar-refractivity contribution >= 4 is 41.3 Å². The normalized spacial score (nSPS) is 10.7. The van der Waals surface area contributed by atoms with E-state index in [1.54, 1.807) is 12.1 Å². The standard InChI is InChI=1S/C16H18N4O2.HI/c1-2-12-5-3-7-14(9-12)19-16(17)18-11-13-6-4-8-15(10-13)20(21)22;/h3-10H,2,11H2,1H3,(H3,17,18,19);1H. The number of halogens is 1. The van der Waals surface area contributed by atoms with Gasteiger partial charge in [-0.25, -0.2) is 4.99 Å². The van der Waals surface area contributed by atoms with Crippen LogP contribution in [0, 0.1) is 10.1 Å². The fraction of sp³-hybridized carbons (Fsp3) is 0.188. The Morgan fingerprint density at radius 2 is 1.91 bits per heavy atom. The Balaban J connectivity index is 0.00000264. The number of anilines is 1. The summed E-state index contributed by atoms with van der Waals surface area (Å²) in [5.74, 6) is 0.278. The van der Waals surface area contributed by atoms with Crippen LogP contribution < -0.4 is 11.1 Å². The summed E-state index contributed by atoms with van der Waals surface area (Å²) >= 11 is 0. The number of nitro benzene ring substituents is 1. The van der Waals surface area contributed by atoms with Crippen LogP contribution in [0.4, 0.5) is 11.4 Å². The van der Waals surface area contributed by atoms with Gasteiger partial charge in [-0.05, 0) is 29.7 Å². The fourth-order valence-corrected chi connectivity index (χ4v) is 2.00. The molecular weight excluding hydrogens is 407 g/mol. The number of rotatable bonds is 5. The molecule has 0 aliphatic carbocycles. The molecule has 0 fully saturated rings. The second-order valence-electron chi connectivity index (χ2n) is 4.81. The largest absolute Gasteiger partial charge is 0.370 e. The van der Waals surface area contributed by atoms with Crippen LogP contribution in [0.15, 0.2) is 53.5 Å². The van der Waals surface area contributed by atoms with Gasteiger partial charge in [-0.2, -0.15) is 0 Å². The van der Waals surface area contributed by atoms with Crippen molar-refractivity contribution in [2.45, 2.75) is 19.9 Å². The monoisotopic (exact) mass is 426 g/mol. The van der Waals surface area contributed by atoms with Gasteiger partial charge in [0.25, 0.3) is 5.69 Å². The predicted octanol–water partition coefficient (Wildman–Crippen LogP) is 3.70. The van der Waals surface area contributed by atoms with Crippen LogP contribution in [0.1, 0.15) is 18.1 Å². The Morgan fingerprint density at radius 3 is 2.61 bits per heavy atom. The summed E-state index contributed by atoms with van der Waals surface area (Å²) in [4.78, 5) is 14.5.